The molecule has 5 nitrogen and oxygen atoms in total. The van der Waals surface area contributed by atoms with E-state index in [9.17, 15) is 9.59 Å². The molecule has 13 heavy (non-hydrogen) atoms. The lowest BCUT2D eigenvalue weighted by atomic mass is 10.1. The van der Waals surface area contributed by atoms with Crippen LogP contribution in [0.1, 0.15) is 13.8 Å². The van der Waals surface area contributed by atoms with E-state index in [0.717, 1.165) is 7.11 Å². The van der Waals surface area contributed by atoms with Crippen molar-refractivity contribution >= 4 is 12.1 Å². The highest BCUT2D eigenvalue weighted by atomic mass is 16.7. The summed E-state index contributed by atoms with van der Waals surface area (Å²) in [6, 6.07) is 0. The van der Waals surface area contributed by atoms with Gasteiger partial charge in [-0.05, 0) is 19.9 Å². The fraction of sp³-hybridized carbons (Fsp3) is 0.500. The van der Waals surface area contributed by atoms with Crippen molar-refractivity contribution in [2.45, 2.75) is 19.4 Å². The molecule has 0 saturated carbocycles. The van der Waals surface area contributed by atoms with E-state index in [1.165, 1.54) is 19.1 Å². The highest BCUT2D eigenvalue weighted by Crippen LogP contribution is 2.13. The van der Waals surface area contributed by atoms with Crippen LogP contribution in [0.15, 0.2) is 12.2 Å². The predicted molar refractivity (Wildman–Crippen MR) is 44.3 cm³/mol. The number of ether oxygens (including phenoxy) is 2. The van der Waals surface area contributed by atoms with Gasteiger partial charge in [-0.25, -0.2) is 9.59 Å². The number of carboxylic acids is 1. The molecule has 0 aliphatic carbocycles. The molecule has 0 aromatic carbocycles. The van der Waals surface area contributed by atoms with Crippen molar-refractivity contribution in [3.05, 3.63) is 12.2 Å². The van der Waals surface area contributed by atoms with Crippen molar-refractivity contribution in [1.29, 1.82) is 0 Å². The Kier molecular flexibility index (Phi) is 3.97. The Morgan fingerprint density at radius 2 is 2.00 bits per heavy atom. The second-order valence-corrected chi connectivity index (χ2v) is 2.47. The largest absolute Gasteiger partial charge is 0.509 e. The quantitative estimate of drug-likeness (QED) is 0.532. The third-order valence-electron chi connectivity index (χ3n) is 1.37. The Labute approximate surface area is 75.9 Å². The minimum atomic E-state index is -1.66. The minimum Gasteiger partial charge on any atom is -0.478 e. The predicted octanol–water partition coefficient (Wildman–Crippen LogP) is 1.19. The van der Waals surface area contributed by atoms with Crippen molar-refractivity contribution in [3.63, 3.8) is 0 Å². The van der Waals surface area contributed by atoms with Crippen LogP contribution in [0, 0.1) is 0 Å². The first-order chi connectivity index (χ1) is 5.96. The molecule has 5 heteroatoms. The van der Waals surface area contributed by atoms with Crippen LogP contribution in [0.3, 0.4) is 0 Å². The highest BCUT2D eigenvalue weighted by molar-refractivity contribution is 5.82. The molecule has 0 aromatic heterocycles. The van der Waals surface area contributed by atoms with E-state index in [2.05, 4.69) is 9.47 Å². The molecule has 0 aliphatic rings. The van der Waals surface area contributed by atoms with E-state index < -0.39 is 17.7 Å². The number of hydrogen-bond acceptors (Lipinski definition) is 4. The van der Waals surface area contributed by atoms with Crippen LogP contribution in [0.25, 0.3) is 0 Å². The first kappa shape index (κ1) is 11.5. The standard InChI is InChI=1S/C8H12O5/c1-4-5-8(2,6(9)10)13-7(11)12-3/h4-5H,1-3H3,(H,9,10). The van der Waals surface area contributed by atoms with Gasteiger partial charge in [0, 0.05) is 0 Å². The van der Waals surface area contributed by atoms with Crippen LogP contribution in [-0.4, -0.2) is 29.9 Å². The molecule has 0 aromatic rings. The number of hydrogen-bond donors (Lipinski definition) is 1. The number of rotatable bonds is 3. The van der Waals surface area contributed by atoms with Crippen molar-refractivity contribution < 1.29 is 24.2 Å². The van der Waals surface area contributed by atoms with Gasteiger partial charge in [0.2, 0.25) is 5.60 Å². The van der Waals surface area contributed by atoms with Crippen LogP contribution in [0.2, 0.25) is 0 Å². The number of carbonyl (C=O) groups excluding carboxylic acids is 1. The molecule has 0 fully saturated rings. The van der Waals surface area contributed by atoms with E-state index >= 15 is 0 Å². The summed E-state index contributed by atoms with van der Waals surface area (Å²) >= 11 is 0. The number of carbonyl (C=O) groups is 2. The first-order valence-electron chi connectivity index (χ1n) is 3.60. The first-order valence-corrected chi connectivity index (χ1v) is 3.60. The maximum absolute atomic E-state index is 10.7. The van der Waals surface area contributed by atoms with Crippen LogP contribution in [-0.2, 0) is 14.3 Å². The van der Waals surface area contributed by atoms with Gasteiger partial charge >= 0.3 is 12.1 Å². The fourth-order valence-electron chi connectivity index (χ4n) is 0.682. The molecular weight excluding hydrogens is 176 g/mol. The monoisotopic (exact) mass is 188 g/mol. The van der Waals surface area contributed by atoms with Gasteiger partial charge in [-0.2, -0.15) is 0 Å². The molecule has 0 amide bonds. The lowest BCUT2D eigenvalue weighted by Gasteiger charge is -2.19. The van der Waals surface area contributed by atoms with Crippen molar-refractivity contribution in [2.75, 3.05) is 7.11 Å². The van der Waals surface area contributed by atoms with Gasteiger partial charge in [-0.3, -0.25) is 0 Å². The SMILES string of the molecule is CC=CC(C)(OC(=O)OC)C(=O)O. The van der Waals surface area contributed by atoms with E-state index in [1.54, 1.807) is 6.92 Å². The van der Waals surface area contributed by atoms with Gasteiger partial charge in [-0.15, -0.1) is 0 Å². The average molecular weight is 188 g/mol. The van der Waals surface area contributed by atoms with Gasteiger partial charge in [0.15, 0.2) is 0 Å². The summed E-state index contributed by atoms with van der Waals surface area (Å²) in [4.78, 5) is 21.3. The summed E-state index contributed by atoms with van der Waals surface area (Å²) in [6.45, 7) is 2.88. The molecule has 0 aliphatic heterocycles. The molecule has 0 rings (SSSR count). The van der Waals surface area contributed by atoms with E-state index in [0.29, 0.717) is 0 Å². The summed E-state index contributed by atoms with van der Waals surface area (Å²) < 4.78 is 8.73. The van der Waals surface area contributed by atoms with Gasteiger partial charge in [-0.1, -0.05) is 6.08 Å². The van der Waals surface area contributed by atoms with Crippen LogP contribution >= 0.6 is 0 Å². The molecule has 1 unspecified atom stereocenters. The Morgan fingerprint density at radius 1 is 1.46 bits per heavy atom. The molecule has 0 radical (unpaired) electrons. The third kappa shape index (κ3) is 3.14. The van der Waals surface area contributed by atoms with Gasteiger partial charge < -0.3 is 14.6 Å². The zero-order valence-electron chi connectivity index (χ0n) is 7.73. The molecule has 0 spiro atoms. The van der Waals surface area contributed by atoms with Gasteiger partial charge in [0.25, 0.3) is 0 Å². The lowest BCUT2D eigenvalue weighted by Crippen LogP contribution is -2.38. The van der Waals surface area contributed by atoms with Gasteiger partial charge in [0.05, 0.1) is 7.11 Å². The molecule has 74 valence electrons. The molecule has 1 atom stereocenters. The summed E-state index contributed by atoms with van der Waals surface area (Å²) in [6.07, 6.45) is 1.71. The molecule has 0 bridgehead atoms. The third-order valence-corrected chi connectivity index (χ3v) is 1.37. The van der Waals surface area contributed by atoms with Crippen LogP contribution in [0.5, 0.6) is 0 Å². The summed E-state index contributed by atoms with van der Waals surface area (Å²) in [5, 5.41) is 8.72. The Morgan fingerprint density at radius 3 is 2.31 bits per heavy atom. The fourth-order valence-corrected chi connectivity index (χ4v) is 0.682. The van der Waals surface area contributed by atoms with E-state index in [-0.39, 0.29) is 0 Å². The molecule has 1 N–H and O–H groups in total. The number of methoxy groups -OCH3 is 1. The molecule has 0 heterocycles. The van der Waals surface area contributed by atoms with Crippen LogP contribution < -0.4 is 0 Å². The van der Waals surface area contributed by atoms with Crippen molar-refractivity contribution in [1.82, 2.24) is 0 Å². The van der Waals surface area contributed by atoms with E-state index in [4.69, 9.17) is 5.11 Å². The Bertz CT molecular complexity index is 233. The maximum Gasteiger partial charge on any atom is 0.509 e. The normalized spacial score (nSPS) is 15.0. The number of allylic oxidation sites excluding steroid dienone is 1. The van der Waals surface area contributed by atoms with Crippen molar-refractivity contribution in [2.24, 2.45) is 0 Å². The zero-order chi connectivity index (χ0) is 10.5. The number of aliphatic carboxylic acids is 1. The second kappa shape index (κ2) is 4.49. The van der Waals surface area contributed by atoms with Gasteiger partial charge in [0.1, 0.15) is 0 Å². The molecule has 0 saturated heterocycles. The van der Waals surface area contributed by atoms with Crippen molar-refractivity contribution in [3.8, 4) is 0 Å². The summed E-state index contributed by atoms with van der Waals surface area (Å²) in [5.74, 6) is -1.25. The van der Waals surface area contributed by atoms with E-state index in [1.807, 2.05) is 0 Å². The minimum absolute atomic E-state index is 1.03. The Hall–Kier alpha value is -1.52. The second-order valence-electron chi connectivity index (χ2n) is 2.47. The van der Waals surface area contributed by atoms with Crippen LogP contribution in [0.4, 0.5) is 4.79 Å². The Balaban J connectivity index is 4.61. The average Bonchev–Trinajstić information content (AvgIpc) is 2.04. The summed E-state index contributed by atoms with van der Waals surface area (Å²) in [7, 11) is 1.11. The maximum atomic E-state index is 10.7. The summed E-state index contributed by atoms with van der Waals surface area (Å²) in [5.41, 5.74) is -1.66. The molecular formula is C8H12O5. The highest BCUT2D eigenvalue weighted by Gasteiger charge is 2.34. The lowest BCUT2D eigenvalue weighted by molar-refractivity contribution is -0.153. The topological polar surface area (TPSA) is 72.8 Å². The smallest absolute Gasteiger partial charge is 0.478 e. The zero-order valence-corrected chi connectivity index (χ0v) is 7.73. The number of carboxylic acid groups (broad SMARTS) is 1.